The molecule has 0 bridgehead atoms. The van der Waals surface area contributed by atoms with Gasteiger partial charge in [-0.25, -0.2) is 4.79 Å². The van der Waals surface area contributed by atoms with E-state index in [4.69, 9.17) is 11.6 Å². The fraction of sp³-hybridized carbons (Fsp3) is 0.500. The highest BCUT2D eigenvalue weighted by Crippen LogP contribution is 2.33. The smallest absolute Gasteiger partial charge is 0.339 e. The number of rotatable bonds is 5. The summed E-state index contributed by atoms with van der Waals surface area (Å²) in [5.74, 6) is -0.783. The molecule has 1 aliphatic heterocycles. The predicted molar refractivity (Wildman–Crippen MR) is 92.9 cm³/mol. The van der Waals surface area contributed by atoms with Crippen LogP contribution in [0.4, 0.5) is 11.4 Å². The highest BCUT2D eigenvalue weighted by atomic mass is 35.5. The summed E-state index contributed by atoms with van der Waals surface area (Å²) in [6.45, 7) is 4.72. The molecule has 1 atom stereocenters. The number of likely N-dealkylation sites (tertiary alicyclic amines) is 1. The number of nitrogens with one attached hydrogen (secondary N) is 1. The SMILES string of the molecule is COC(=O)c1cc([N+](=O)[O-])c(NC2CCN(C(=O)C(C)C)C2)cc1Cl. The van der Waals surface area contributed by atoms with Gasteiger partial charge in [0.05, 0.1) is 22.6 Å². The number of methoxy groups -OCH3 is 1. The number of carbonyl (C=O) groups excluding carboxylic acids is 2. The van der Waals surface area contributed by atoms with Gasteiger partial charge in [0.25, 0.3) is 5.69 Å². The van der Waals surface area contributed by atoms with Gasteiger partial charge in [-0.05, 0) is 12.5 Å². The number of hydrogen-bond acceptors (Lipinski definition) is 6. The van der Waals surface area contributed by atoms with Gasteiger partial charge in [0, 0.05) is 31.1 Å². The number of benzene rings is 1. The van der Waals surface area contributed by atoms with E-state index >= 15 is 0 Å². The Bertz CT molecular complexity index is 707. The maximum Gasteiger partial charge on any atom is 0.339 e. The molecule has 1 amide bonds. The van der Waals surface area contributed by atoms with Crippen LogP contribution in [-0.2, 0) is 9.53 Å². The number of halogens is 1. The molecular formula is C16H20ClN3O5. The summed E-state index contributed by atoms with van der Waals surface area (Å²) in [6, 6.07) is 2.32. The summed E-state index contributed by atoms with van der Waals surface area (Å²) in [7, 11) is 1.18. The van der Waals surface area contributed by atoms with E-state index in [9.17, 15) is 19.7 Å². The normalized spacial score (nSPS) is 16.8. The molecule has 136 valence electrons. The third-order valence-corrected chi connectivity index (χ3v) is 4.35. The minimum absolute atomic E-state index is 0.0536. The zero-order chi connectivity index (χ0) is 18.7. The van der Waals surface area contributed by atoms with E-state index in [0.717, 1.165) is 6.07 Å². The fourth-order valence-corrected chi connectivity index (χ4v) is 3.00. The molecule has 1 aromatic carbocycles. The molecule has 0 radical (unpaired) electrons. The van der Waals surface area contributed by atoms with Crippen LogP contribution >= 0.6 is 11.6 Å². The van der Waals surface area contributed by atoms with Crippen molar-refractivity contribution in [3.8, 4) is 0 Å². The van der Waals surface area contributed by atoms with Crippen molar-refractivity contribution >= 4 is 34.9 Å². The van der Waals surface area contributed by atoms with E-state index in [0.29, 0.717) is 19.5 Å². The molecule has 0 aromatic heterocycles. The predicted octanol–water partition coefficient (Wildman–Crippen LogP) is 2.70. The highest BCUT2D eigenvalue weighted by molar-refractivity contribution is 6.34. The van der Waals surface area contributed by atoms with Crippen LogP contribution in [0.1, 0.15) is 30.6 Å². The van der Waals surface area contributed by atoms with Gasteiger partial charge in [-0.15, -0.1) is 0 Å². The summed E-state index contributed by atoms with van der Waals surface area (Å²) < 4.78 is 4.58. The van der Waals surface area contributed by atoms with Crippen molar-refractivity contribution in [1.29, 1.82) is 0 Å². The molecule has 1 saturated heterocycles. The molecular weight excluding hydrogens is 350 g/mol. The first-order valence-electron chi connectivity index (χ1n) is 7.86. The first kappa shape index (κ1) is 19.0. The Morgan fingerprint density at radius 2 is 2.12 bits per heavy atom. The van der Waals surface area contributed by atoms with Gasteiger partial charge in [0.15, 0.2) is 0 Å². The van der Waals surface area contributed by atoms with Crippen LogP contribution in [0.2, 0.25) is 5.02 Å². The lowest BCUT2D eigenvalue weighted by atomic mass is 10.1. The van der Waals surface area contributed by atoms with E-state index in [1.165, 1.54) is 13.2 Å². The van der Waals surface area contributed by atoms with Crippen LogP contribution in [-0.4, -0.2) is 47.9 Å². The Morgan fingerprint density at radius 1 is 1.44 bits per heavy atom. The average molecular weight is 370 g/mol. The van der Waals surface area contributed by atoms with Gasteiger partial charge in [0.2, 0.25) is 5.91 Å². The van der Waals surface area contributed by atoms with Gasteiger partial charge in [0.1, 0.15) is 5.69 Å². The van der Waals surface area contributed by atoms with Gasteiger partial charge >= 0.3 is 5.97 Å². The highest BCUT2D eigenvalue weighted by Gasteiger charge is 2.30. The van der Waals surface area contributed by atoms with E-state index in [1.807, 2.05) is 13.8 Å². The molecule has 8 nitrogen and oxygen atoms in total. The number of esters is 1. The van der Waals surface area contributed by atoms with Crippen LogP contribution < -0.4 is 5.32 Å². The second kappa shape index (κ2) is 7.69. The Labute approximate surface area is 150 Å². The molecule has 1 aliphatic rings. The zero-order valence-corrected chi connectivity index (χ0v) is 15.0. The molecule has 0 aliphatic carbocycles. The molecule has 2 rings (SSSR count). The van der Waals surface area contributed by atoms with Crippen molar-refractivity contribution in [1.82, 2.24) is 4.90 Å². The number of amides is 1. The third-order valence-electron chi connectivity index (χ3n) is 4.04. The fourth-order valence-electron chi connectivity index (χ4n) is 2.76. The van der Waals surface area contributed by atoms with Crippen molar-refractivity contribution in [3.05, 3.63) is 32.8 Å². The van der Waals surface area contributed by atoms with Crippen molar-refractivity contribution in [3.63, 3.8) is 0 Å². The van der Waals surface area contributed by atoms with Gasteiger partial charge in [-0.1, -0.05) is 25.4 Å². The largest absolute Gasteiger partial charge is 0.465 e. The van der Waals surface area contributed by atoms with E-state index in [2.05, 4.69) is 10.1 Å². The Morgan fingerprint density at radius 3 is 2.68 bits per heavy atom. The van der Waals surface area contributed by atoms with E-state index < -0.39 is 10.9 Å². The second-order valence-electron chi connectivity index (χ2n) is 6.17. The number of nitrogens with zero attached hydrogens (tertiary/aromatic N) is 2. The molecule has 9 heteroatoms. The molecule has 1 unspecified atom stereocenters. The zero-order valence-electron chi connectivity index (χ0n) is 14.2. The van der Waals surface area contributed by atoms with Crippen molar-refractivity contribution in [2.45, 2.75) is 26.3 Å². The van der Waals surface area contributed by atoms with Crippen molar-refractivity contribution < 1.29 is 19.2 Å². The number of ether oxygens (including phenoxy) is 1. The Kier molecular flexibility index (Phi) is 5.84. The molecule has 25 heavy (non-hydrogen) atoms. The van der Waals surface area contributed by atoms with E-state index in [-0.39, 0.29) is 39.8 Å². The number of carbonyl (C=O) groups is 2. The first-order valence-corrected chi connectivity index (χ1v) is 8.24. The summed E-state index contributed by atoms with van der Waals surface area (Å²) >= 11 is 6.06. The summed E-state index contributed by atoms with van der Waals surface area (Å²) in [5.41, 5.74) is -0.116. The molecule has 0 saturated carbocycles. The maximum atomic E-state index is 12.0. The second-order valence-corrected chi connectivity index (χ2v) is 6.57. The lowest BCUT2D eigenvalue weighted by molar-refractivity contribution is -0.384. The van der Waals surface area contributed by atoms with Gasteiger partial charge in [-0.3, -0.25) is 14.9 Å². The Hall–Kier alpha value is -2.35. The van der Waals surface area contributed by atoms with Gasteiger partial charge in [-0.2, -0.15) is 0 Å². The topological polar surface area (TPSA) is 102 Å². The quantitative estimate of drug-likeness (QED) is 0.486. The van der Waals surface area contributed by atoms with Gasteiger partial charge < -0.3 is 15.0 Å². The van der Waals surface area contributed by atoms with Crippen molar-refractivity contribution in [2.75, 3.05) is 25.5 Å². The van der Waals surface area contributed by atoms with Crippen LogP contribution in [0.5, 0.6) is 0 Å². The first-order chi connectivity index (χ1) is 11.7. The summed E-state index contributed by atoms with van der Waals surface area (Å²) in [4.78, 5) is 36.2. The molecule has 1 fully saturated rings. The minimum Gasteiger partial charge on any atom is -0.465 e. The molecule has 1 aromatic rings. The average Bonchev–Trinajstić information content (AvgIpc) is 3.01. The lowest BCUT2D eigenvalue weighted by Gasteiger charge is -2.19. The molecule has 1 heterocycles. The molecule has 1 N–H and O–H groups in total. The maximum absolute atomic E-state index is 12.0. The van der Waals surface area contributed by atoms with Crippen LogP contribution in [0.15, 0.2) is 12.1 Å². The number of nitro groups is 1. The standard InChI is InChI=1S/C16H20ClN3O5/c1-9(2)15(21)19-5-4-10(8-19)18-13-7-12(17)11(16(22)25-3)6-14(13)20(23)24/h6-7,9-10,18H,4-5,8H2,1-3H3. The molecule has 0 spiro atoms. The lowest BCUT2D eigenvalue weighted by Crippen LogP contribution is -2.34. The monoisotopic (exact) mass is 369 g/mol. The van der Waals surface area contributed by atoms with Crippen LogP contribution in [0, 0.1) is 16.0 Å². The Balaban J connectivity index is 2.22. The number of nitro benzene ring substituents is 1. The van der Waals surface area contributed by atoms with E-state index in [1.54, 1.807) is 4.90 Å². The summed E-state index contributed by atoms with van der Waals surface area (Å²) in [6.07, 6.45) is 0.673. The number of hydrogen-bond donors (Lipinski definition) is 1. The summed E-state index contributed by atoms with van der Waals surface area (Å²) in [5, 5.41) is 14.5. The number of anilines is 1. The van der Waals surface area contributed by atoms with Crippen LogP contribution in [0.3, 0.4) is 0 Å². The van der Waals surface area contributed by atoms with Crippen LogP contribution in [0.25, 0.3) is 0 Å². The third kappa shape index (κ3) is 4.19. The minimum atomic E-state index is -0.741. The van der Waals surface area contributed by atoms with Crippen molar-refractivity contribution in [2.24, 2.45) is 5.92 Å².